The minimum absolute atomic E-state index is 0.0647. The molecule has 5 heteroatoms. The Morgan fingerprint density at radius 3 is 3.06 bits per heavy atom. The van der Waals surface area contributed by atoms with Crippen molar-refractivity contribution in [3.63, 3.8) is 0 Å². The predicted molar refractivity (Wildman–Crippen MR) is 73.5 cm³/mol. The van der Waals surface area contributed by atoms with Gasteiger partial charge in [0.15, 0.2) is 0 Å². The molecule has 2 rings (SSSR count). The second kappa shape index (κ2) is 5.82. The number of amides is 1. The molecule has 0 saturated carbocycles. The Hall–Kier alpha value is -1.62. The number of halogens is 1. The first kappa shape index (κ1) is 12.8. The van der Waals surface area contributed by atoms with Crippen LogP contribution in [0.4, 0.5) is 0 Å². The van der Waals surface area contributed by atoms with Gasteiger partial charge >= 0.3 is 0 Å². The zero-order valence-electron chi connectivity index (χ0n) is 10.0. The number of benzene rings is 1. The largest absolute Gasteiger partial charge is 0.352 e. The maximum atomic E-state index is 12.0. The summed E-state index contributed by atoms with van der Waals surface area (Å²) in [6.07, 6.45) is 4.14. The molecular formula is C13H14BrN3O. The summed E-state index contributed by atoms with van der Waals surface area (Å²) in [7, 11) is 0. The summed E-state index contributed by atoms with van der Waals surface area (Å²) in [6, 6.07) is 5.72. The average Bonchev–Trinajstić information content (AvgIpc) is 2.85. The Morgan fingerprint density at radius 1 is 1.50 bits per heavy atom. The fourth-order valence-electron chi connectivity index (χ4n) is 1.64. The third kappa shape index (κ3) is 3.20. The fraction of sp³-hybridized carbons (Fsp3) is 0.231. The molecule has 94 valence electrons. The molecule has 0 spiro atoms. The monoisotopic (exact) mass is 307 g/mol. The van der Waals surface area contributed by atoms with E-state index in [1.165, 1.54) is 0 Å². The number of carbonyl (C=O) groups excluding carboxylic acids is 1. The Labute approximate surface area is 114 Å². The van der Waals surface area contributed by atoms with Gasteiger partial charge in [0, 0.05) is 29.3 Å². The molecule has 0 fully saturated rings. The van der Waals surface area contributed by atoms with Crippen molar-refractivity contribution in [2.24, 2.45) is 0 Å². The molecule has 0 radical (unpaired) electrons. The predicted octanol–water partition coefficient (Wildman–Crippen LogP) is 2.45. The maximum Gasteiger partial charge on any atom is 0.252 e. The molecule has 0 unspecified atom stereocenters. The van der Waals surface area contributed by atoms with E-state index in [4.69, 9.17) is 0 Å². The molecule has 2 aromatic rings. The minimum atomic E-state index is -0.0647. The lowest BCUT2D eigenvalue weighted by Crippen LogP contribution is -2.26. The van der Waals surface area contributed by atoms with Crippen molar-refractivity contribution in [1.29, 1.82) is 0 Å². The molecule has 1 heterocycles. The van der Waals surface area contributed by atoms with Crippen molar-refractivity contribution in [3.8, 4) is 0 Å². The zero-order valence-corrected chi connectivity index (χ0v) is 11.6. The van der Waals surface area contributed by atoms with E-state index >= 15 is 0 Å². The number of carbonyl (C=O) groups is 1. The number of rotatable bonds is 4. The average molecular weight is 308 g/mol. The van der Waals surface area contributed by atoms with E-state index in [0.29, 0.717) is 12.1 Å². The fourth-order valence-corrected chi connectivity index (χ4v) is 2.07. The first-order valence-electron chi connectivity index (χ1n) is 5.68. The highest BCUT2D eigenvalue weighted by Crippen LogP contribution is 2.17. The van der Waals surface area contributed by atoms with Crippen molar-refractivity contribution in [3.05, 3.63) is 52.0 Å². The van der Waals surface area contributed by atoms with E-state index < -0.39 is 0 Å². The number of H-pyrrole nitrogens is 1. The van der Waals surface area contributed by atoms with Crippen LogP contribution in [0, 0.1) is 6.92 Å². The molecule has 0 aliphatic rings. The summed E-state index contributed by atoms with van der Waals surface area (Å²) >= 11 is 3.38. The summed E-state index contributed by atoms with van der Waals surface area (Å²) < 4.78 is 0.812. The second-order valence-electron chi connectivity index (χ2n) is 4.07. The number of hydrogen-bond acceptors (Lipinski definition) is 2. The maximum absolute atomic E-state index is 12.0. The molecule has 4 nitrogen and oxygen atoms in total. The first-order chi connectivity index (χ1) is 8.66. The van der Waals surface area contributed by atoms with E-state index in [9.17, 15) is 4.79 Å². The van der Waals surface area contributed by atoms with Crippen LogP contribution in [0.25, 0.3) is 0 Å². The Morgan fingerprint density at radius 2 is 2.33 bits per heavy atom. The third-order valence-electron chi connectivity index (χ3n) is 2.60. The first-order valence-corrected chi connectivity index (χ1v) is 6.47. The van der Waals surface area contributed by atoms with Gasteiger partial charge in [0.1, 0.15) is 0 Å². The van der Waals surface area contributed by atoms with Gasteiger partial charge in [-0.05, 0) is 35.0 Å². The summed E-state index contributed by atoms with van der Waals surface area (Å²) in [5.41, 5.74) is 2.75. The smallest absolute Gasteiger partial charge is 0.252 e. The van der Waals surface area contributed by atoms with Gasteiger partial charge in [0.05, 0.1) is 11.9 Å². The number of nitrogens with one attached hydrogen (secondary N) is 2. The molecule has 2 N–H and O–H groups in total. The third-order valence-corrected chi connectivity index (χ3v) is 3.29. The molecule has 1 amide bonds. The molecule has 0 bridgehead atoms. The van der Waals surface area contributed by atoms with Crippen molar-refractivity contribution >= 4 is 21.8 Å². The molecule has 0 saturated heterocycles. The summed E-state index contributed by atoms with van der Waals surface area (Å²) in [6.45, 7) is 2.55. The topological polar surface area (TPSA) is 57.8 Å². The van der Waals surface area contributed by atoms with Gasteiger partial charge in [0.25, 0.3) is 5.91 Å². The minimum Gasteiger partial charge on any atom is -0.352 e. The molecule has 1 aromatic carbocycles. The number of hydrogen-bond donors (Lipinski definition) is 2. The normalized spacial score (nSPS) is 10.3. The highest BCUT2D eigenvalue weighted by atomic mass is 79.9. The number of aryl methyl sites for hydroxylation is 1. The highest BCUT2D eigenvalue weighted by molar-refractivity contribution is 9.10. The van der Waals surface area contributed by atoms with Gasteiger partial charge in [0.2, 0.25) is 0 Å². The Bertz CT molecular complexity index is 537. The van der Waals surface area contributed by atoms with Crippen LogP contribution in [-0.4, -0.2) is 22.4 Å². The van der Waals surface area contributed by atoms with Crippen molar-refractivity contribution in [2.75, 3.05) is 6.54 Å². The second-order valence-corrected chi connectivity index (χ2v) is 4.92. The van der Waals surface area contributed by atoms with Crippen LogP contribution in [0.5, 0.6) is 0 Å². The van der Waals surface area contributed by atoms with Crippen molar-refractivity contribution in [1.82, 2.24) is 15.3 Å². The SMILES string of the molecule is Cc1ccc(Br)c(C(=O)NCCc2cnc[nH]2)c1. The highest BCUT2D eigenvalue weighted by Gasteiger charge is 2.09. The van der Waals surface area contributed by atoms with Gasteiger partial charge in [-0.25, -0.2) is 4.98 Å². The quantitative estimate of drug-likeness (QED) is 0.911. The van der Waals surface area contributed by atoms with Gasteiger partial charge in [-0.3, -0.25) is 4.79 Å². The number of aromatic amines is 1. The van der Waals surface area contributed by atoms with Crippen LogP contribution in [0.15, 0.2) is 35.2 Å². The van der Waals surface area contributed by atoms with Crippen molar-refractivity contribution in [2.45, 2.75) is 13.3 Å². The molecule has 1 aromatic heterocycles. The standard InChI is InChI=1S/C13H14BrN3O/c1-9-2-3-12(14)11(6-9)13(18)16-5-4-10-7-15-8-17-10/h2-3,6-8H,4-5H2,1H3,(H,15,17)(H,16,18). The number of imidazole rings is 1. The van der Waals surface area contributed by atoms with Crippen LogP contribution in [0.3, 0.4) is 0 Å². The van der Waals surface area contributed by atoms with E-state index in [1.807, 2.05) is 25.1 Å². The van der Waals surface area contributed by atoms with Gasteiger partial charge in [-0.1, -0.05) is 11.6 Å². The molecule has 0 atom stereocenters. The van der Waals surface area contributed by atoms with Crippen LogP contribution in [-0.2, 0) is 6.42 Å². The molecule has 0 aliphatic heterocycles. The van der Waals surface area contributed by atoms with Crippen LogP contribution in [0.1, 0.15) is 21.6 Å². The van der Waals surface area contributed by atoms with Crippen molar-refractivity contribution < 1.29 is 4.79 Å². The molecule has 18 heavy (non-hydrogen) atoms. The van der Waals surface area contributed by atoms with Gasteiger partial charge in [-0.2, -0.15) is 0 Å². The zero-order chi connectivity index (χ0) is 13.0. The van der Waals surface area contributed by atoms with Gasteiger partial charge < -0.3 is 10.3 Å². The summed E-state index contributed by atoms with van der Waals surface area (Å²) in [5, 5.41) is 2.89. The number of aromatic nitrogens is 2. The Balaban J connectivity index is 1.93. The Kier molecular flexibility index (Phi) is 4.15. The van der Waals surface area contributed by atoms with E-state index in [1.54, 1.807) is 12.5 Å². The van der Waals surface area contributed by atoms with Gasteiger partial charge in [-0.15, -0.1) is 0 Å². The van der Waals surface area contributed by atoms with E-state index in [2.05, 4.69) is 31.2 Å². The molecule has 0 aliphatic carbocycles. The lowest BCUT2D eigenvalue weighted by atomic mass is 10.1. The van der Waals surface area contributed by atoms with E-state index in [0.717, 1.165) is 22.2 Å². The van der Waals surface area contributed by atoms with Crippen LogP contribution < -0.4 is 5.32 Å². The lowest BCUT2D eigenvalue weighted by Gasteiger charge is -2.07. The summed E-state index contributed by atoms with van der Waals surface area (Å²) in [5.74, 6) is -0.0647. The van der Waals surface area contributed by atoms with Crippen LogP contribution >= 0.6 is 15.9 Å². The molecular weight excluding hydrogens is 294 g/mol. The lowest BCUT2D eigenvalue weighted by molar-refractivity contribution is 0.0953. The summed E-state index contributed by atoms with van der Waals surface area (Å²) in [4.78, 5) is 18.9. The number of nitrogens with zero attached hydrogens (tertiary/aromatic N) is 1. The van der Waals surface area contributed by atoms with Crippen LogP contribution in [0.2, 0.25) is 0 Å². The van der Waals surface area contributed by atoms with E-state index in [-0.39, 0.29) is 5.91 Å².